The molecule has 3 N–H and O–H groups in total. The average Bonchev–Trinajstić information content (AvgIpc) is 2.84. The predicted octanol–water partition coefficient (Wildman–Crippen LogP) is 4.72. The zero-order valence-electron chi connectivity index (χ0n) is 19.5. The number of urea groups is 1. The van der Waals surface area contributed by atoms with Gasteiger partial charge in [-0.25, -0.2) is 4.79 Å². The summed E-state index contributed by atoms with van der Waals surface area (Å²) in [7, 11) is 0. The molecule has 1 aliphatic heterocycles. The Morgan fingerprint density at radius 2 is 1.79 bits per heavy atom. The molecule has 5 atom stereocenters. The molecule has 2 saturated carbocycles. The molecule has 0 bridgehead atoms. The van der Waals surface area contributed by atoms with Crippen LogP contribution in [0.15, 0.2) is 54.6 Å². The van der Waals surface area contributed by atoms with Crippen LogP contribution in [-0.2, 0) is 13.0 Å². The summed E-state index contributed by atoms with van der Waals surface area (Å²) in [6.45, 7) is 1.48. The molecule has 0 aromatic heterocycles. The van der Waals surface area contributed by atoms with Crippen molar-refractivity contribution < 1.29 is 9.90 Å². The molecule has 0 radical (unpaired) electrons. The summed E-state index contributed by atoms with van der Waals surface area (Å²) in [6.07, 6.45) is 7.94. The Labute approximate surface area is 197 Å². The Bertz CT molecular complexity index is 949. The standard InChI is InChI=1S/C28H37N3O2/c29-28(33)31(27-12-6-10-21-14-16-24(32)17-25(21)27)19-23-15-13-22-9-4-5-11-26(22)30(23)18-20-7-2-1-3-8-20/h1-5,7-9,11,21,23-25,27,32H,6,10,12-19H2,(H2,29,33). The number of carbonyl (C=O) groups excluding carboxylic acids is 1. The highest BCUT2D eigenvalue weighted by Crippen LogP contribution is 2.43. The Morgan fingerprint density at radius 1 is 1.00 bits per heavy atom. The van der Waals surface area contributed by atoms with Gasteiger partial charge in [0.15, 0.2) is 0 Å². The van der Waals surface area contributed by atoms with Crippen LogP contribution in [0, 0.1) is 11.8 Å². The molecule has 2 fully saturated rings. The van der Waals surface area contributed by atoms with E-state index < -0.39 is 0 Å². The highest BCUT2D eigenvalue weighted by Gasteiger charge is 2.42. The molecule has 2 amide bonds. The first-order chi connectivity index (χ1) is 16.1. The van der Waals surface area contributed by atoms with E-state index in [9.17, 15) is 9.90 Å². The minimum absolute atomic E-state index is 0.145. The third-order valence-electron chi connectivity index (χ3n) is 8.36. The molecule has 3 aliphatic rings. The van der Waals surface area contributed by atoms with Crippen molar-refractivity contribution >= 4 is 11.7 Å². The van der Waals surface area contributed by atoms with Gasteiger partial charge in [0.1, 0.15) is 0 Å². The number of aliphatic hydroxyl groups excluding tert-OH is 1. The number of carbonyl (C=O) groups is 1. The van der Waals surface area contributed by atoms with Gasteiger partial charge in [-0.2, -0.15) is 0 Å². The molecule has 0 saturated heterocycles. The number of nitrogens with zero attached hydrogens (tertiary/aromatic N) is 2. The number of rotatable bonds is 5. The fourth-order valence-corrected chi connectivity index (χ4v) is 6.74. The van der Waals surface area contributed by atoms with E-state index in [1.807, 2.05) is 4.90 Å². The number of benzene rings is 2. The van der Waals surface area contributed by atoms with Gasteiger partial charge in [0.2, 0.25) is 0 Å². The second kappa shape index (κ2) is 9.76. The van der Waals surface area contributed by atoms with E-state index in [0.29, 0.717) is 18.4 Å². The SMILES string of the molecule is NC(=O)N(CC1CCc2ccccc2N1Cc1ccccc1)C1CCCC2CCC(O)CC21. The largest absolute Gasteiger partial charge is 0.393 e. The Balaban J connectivity index is 1.41. The Kier molecular flexibility index (Phi) is 6.59. The molecule has 0 spiro atoms. The molecule has 176 valence electrons. The van der Waals surface area contributed by atoms with Crippen molar-refractivity contribution in [3.8, 4) is 0 Å². The van der Waals surface area contributed by atoms with Crippen LogP contribution in [-0.4, -0.2) is 40.8 Å². The molecule has 2 aromatic rings. The molecule has 33 heavy (non-hydrogen) atoms. The van der Waals surface area contributed by atoms with E-state index in [1.54, 1.807) is 0 Å². The van der Waals surface area contributed by atoms with Gasteiger partial charge in [-0.1, -0.05) is 61.4 Å². The van der Waals surface area contributed by atoms with Crippen molar-refractivity contribution in [2.75, 3.05) is 11.4 Å². The number of amides is 2. The molecule has 2 aromatic carbocycles. The van der Waals surface area contributed by atoms with Crippen molar-refractivity contribution in [3.05, 3.63) is 65.7 Å². The Hall–Kier alpha value is -2.53. The lowest BCUT2D eigenvalue weighted by Crippen LogP contribution is -2.57. The van der Waals surface area contributed by atoms with Gasteiger partial charge in [0.05, 0.1) is 6.10 Å². The minimum atomic E-state index is -0.306. The third-order valence-corrected chi connectivity index (χ3v) is 8.36. The van der Waals surface area contributed by atoms with E-state index in [0.717, 1.165) is 51.5 Å². The van der Waals surface area contributed by atoms with Crippen LogP contribution < -0.4 is 10.6 Å². The fourth-order valence-electron chi connectivity index (χ4n) is 6.74. The maximum atomic E-state index is 12.8. The monoisotopic (exact) mass is 447 g/mol. The number of aryl methyl sites for hydroxylation is 1. The predicted molar refractivity (Wildman–Crippen MR) is 132 cm³/mol. The number of aliphatic hydroxyl groups is 1. The minimum Gasteiger partial charge on any atom is -0.393 e. The van der Waals surface area contributed by atoms with Crippen molar-refractivity contribution in [2.45, 2.75) is 76.1 Å². The summed E-state index contributed by atoms with van der Waals surface area (Å²) < 4.78 is 0. The molecule has 1 heterocycles. The molecule has 5 nitrogen and oxygen atoms in total. The summed E-state index contributed by atoms with van der Waals surface area (Å²) >= 11 is 0. The average molecular weight is 448 g/mol. The lowest BCUT2D eigenvalue weighted by Gasteiger charge is -2.49. The van der Waals surface area contributed by atoms with Crippen molar-refractivity contribution in [1.82, 2.24) is 4.90 Å². The second-order valence-electron chi connectivity index (χ2n) is 10.3. The van der Waals surface area contributed by atoms with Crippen LogP contribution in [0.4, 0.5) is 10.5 Å². The lowest BCUT2D eigenvalue weighted by molar-refractivity contribution is 0.00263. The van der Waals surface area contributed by atoms with Crippen LogP contribution in [0.25, 0.3) is 0 Å². The quantitative estimate of drug-likeness (QED) is 0.697. The maximum Gasteiger partial charge on any atom is 0.315 e. The Morgan fingerprint density at radius 3 is 2.61 bits per heavy atom. The van der Waals surface area contributed by atoms with Gasteiger partial charge < -0.3 is 20.6 Å². The maximum absolute atomic E-state index is 12.8. The first-order valence-electron chi connectivity index (χ1n) is 12.7. The lowest BCUT2D eigenvalue weighted by atomic mass is 9.67. The summed E-state index contributed by atoms with van der Waals surface area (Å²) in [4.78, 5) is 17.3. The first kappa shape index (κ1) is 22.3. The number of hydrogen-bond acceptors (Lipinski definition) is 3. The zero-order chi connectivity index (χ0) is 22.8. The topological polar surface area (TPSA) is 69.8 Å². The number of anilines is 1. The molecule has 5 heteroatoms. The van der Waals surface area contributed by atoms with Crippen LogP contribution in [0.3, 0.4) is 0 Å². The van der Waals surface area contributed by atoms with Gasteiger partial charge in [0.25, 0.3) is 0 Å². The van der Waals surface area contributed by atoms with Crippen molar-refractivity contribution in [1.29, 1.82) is 0 Å². The summed E-state index contributed by atoms with van der Waals surface area (Å²) in [5.41, 5.74) is 9.97. The normalized spacial score (nSPS) is 29.1. The molecular formula is C28H37N3O2. The molecule has 2 aliphatic carbocycles. The summed E-state index contributed by atoms with van der Waals surface area (Å²) in [5.74, 6) is 0.981. The number of primary amides is 1. The van der Waals surface area contributed by atoms with Crippen molar-refractivity contribution in [3.63, 3.8) is 0 Å². The molecule has 5 unspecified atom stereocenters. The van der Waals surface area contributed by atoms with E-state index in [1.165, 1.54) is 23.2 Å². The van der Waals surface area contributed by atoms with Crippen molar-refractivity contribution in [2.24, 2.45) is 17.6 Å². The van der Waals surface area contributed by atoms with E-state index in [4.69, 9.17) is 5.73 Å². The van der Waals surface area contributed by atoms with Crippen LogP contribution in [0.2, 0.25) is 0 Å². The van der Waals surface area contributed by atoms with Gasteiger partial charge in [-0.15, -0.1) is 0 Å². The summed E-state index contributed by atoms with van der Waals surface area (Å²) in [6, 6.07) is 19.3. The number of fused-ring (bicyclic) bond motifs is 2. The van der Waals surface area contributed by atoms with Gasteiger partial charge in [-0.3, -0.25) is 0 Å². The van der Waals surface area contributed by atoms with Gasteiger partial charge >= 0.3 is 6.03 Å². The number of para-hydroxylation sites is 1. The van der Waals surface area contributed by atoms with E-state index in [-0.39, 0.29) is 24.2 Å². The first-order valence-corrected chi connectivity index (χ1v) is 12.7. The number of hydrogen-bond donors (Lipinski definition) is 2. The van der Waals surface area contributed by atoms with E-state index >= 15 is 0 Å². The van der Waals surface area contributed by atoms with Gasteiger partial charge in [0, 0.05) is 30.9 Å². The van der Waals surface area contributed by atoms with Crippen LogP contribution >= 0.6 is 0 Å². The second-order valence-corrected chi connectivity index (χ2v) is 10.3. The van der Waals surface area contributed by atoms with E-state index in [2.05, 4.69) is 59.5 Å². The van der Waals surface area contributed by atoms with Crippen LogP contribution in [0.1, 0.15) is 56.1 Å². The smallest absolute Gasteiger partial charge is 0.315 e. The molecule has 5 rings (SSSR count). The third kappa shape index (κ3) is 4.74. The number of nitrogens with two attached hydrogens (primary N) is 1. The highest BCUT2D eigenvalue weighted by atomic mass is 16.3. The fraction of sp³-hybridized carbons (Fsp3) is 0.536. The molecular weight excluding hydrogens is 410 g/mol. The zero-order valence-corrected chi connectivity index (χ0v) is 19.5. The summed E-state index contributed by atoms with van der Waals surface area (Å²) in [5, 5.41) is 10.4. The van der Waals surface area contributed by atoms with Crippen LogP contribution in [0.5, 0.6) is 0 Å². The highest BCUT2D eigenvalue weighted by molar-refractivity contribution is 5.72. The van der Waals surface area contributed by atoms with Gasteiger partial charge in [-0.05, 0) is 67.6 Å².